The van der Waals surface area contributed by atoms with Crippen molar-refractivity contribution in [3.8, 4) is 22.8 Å². The first-order valence-electron chi connectivity index (χ1n) is 23.7. The third-order valence-electron chi connectivity index (χ3n) is 10.4. The van der Waals surface area contributed by atoms with Gasteiger partial charge in [0.15, 0.2) is 17.6 Å². The summed E-state index contributed by atoms with van der Waals surface area (Å²) in [6.45, 7) is 28.3. The smallest absolute Gasteiger partial charge is 0.292 e. The van der Waals surface area contributed by atoms with E-state index in [1.54, 1.807) is 13.0 Å². The molecule has 0 saturated carbocycles. The van der Waals surface area contributed by atoms with Crippen LogP contribution in [0.1, 0.15) is 111 Å². The van der Waals surface area contributed by atoms with Crippen LogP contribution in [-0.4, -0.2) is 117 Å². The van der Waals surface area contributed by atoms with E-state index in [4.69, 9.17) is 55.5 Å². The zero-order valence-electron chi connectivity index (χ0n) is 42.2. The lowest BCUT2D eigenvalue weighted by atomic mass is 9.96. The van der Waals surface area contributed by atoms with E-state index in [9.17, 15) is 15.2 Å². The quantitative estimate of drug-likeness (QED) is 0.0442. The number of hydrogen-bond acceptors (Lipinski definition) is 17. The number of nitrogen functional groups attached to an aromatic ring is 2. The lowest BCUT2D eigenvalue weighted by molar-refractivity contribution is -0.383. The fraction of sp³-hybridized carbons (Fsp3) is 0.562. The highest BCUT2D eigenvalue weighted by molar-refractivity contribution is 6.15. The van der Waals surface area contributed by atoms with Crippen LogP contribution in [0.25, 0.3) is 33.8 Å². The van der Waals surface area contributed by atoms with E-state index in [2.05, 4.69) is 31.4 Å². The van der Waals surface area contributed by atoms with Crippen LogP contribution in [0.2, 0.25) is 0 Å². The number of aliphatic hydroxyl groups excluding tert-OH is 2. The number of rotatable bonds is 7. The lowest BCUT2D eigenvalue weighted by Gasteiger charge is -2.30. The van der Waals surface area contributed by atoms with Gasteiger partial charge in [0, 0.05) is 80.5 Å². The SMILES string of the molecule is CC.CC.CC.CC.CC1(CCO)OCc2c(N3CCOCC3)nc(-c3ccc(N)c([N+](=O)[O-])c3)nc21.CC1OCc2c1nc(-c1ccc3nc(N)[nH]c3c1)nc2N1CCOCC1.CCO.CCl. The number of nitro groups is 1. The maximum atomic E-state index is 11.3. The predicted octanol–water partition coefficient (Wildman–Crippen LogP) is 8.59. The molecule has 9 rings (SSSR count). The Hall–Kier alpha value is -5.28. The molecule has 2 fully saturated rings. The minimum Gasteiger partial charge on any atom is -0.397 e. The van der Waals surface area contributed by atoms with E-state index in [0.29, 0.717) is 88.0 Å². The molecule has 4 aliphatic heterocycles. The number of imidazole rings is 1. The summed E-state index contributed by atoms with van der Waals surface area (Å²) < 4.78 is 22.8. The Morgan fingerprint density at radius 1 is 0.794 bits per heavy atom. The number of ether oxygens (including phenoxy) is 4. The average Bonchev–Trinajstić information content (AvgIpc) is 4.07. The molecule has 2 aromatic carbocycles. The van der Waals surface area contributed by atoms with Crippen molar-refractivity contribution in [3.63, 3.8) is 0 Å². The summed E-state index contributed by atoms with van der Waals surface area (Å²) in [7, 11) is 0. The molecule has 7 N–H and O–H groups in total. The van der Waals surface area contributed by atoms with Gasteiger partial charge in [-0.3, -0.25) is 10.1 Å². The van der Waals surface area contributed by atoms with E-state index < -0.39 is 10.5 Å². The zero-order valence-corrected chi connectivity index (χ0v) is 42.9. The van der Waals surface area contributed by atoms with Crippen LogP contribution in [0.4, 0.5) is 29.0 Å². The van der Waals surface area contributed by atoms with Crippen molar-refractivity contribution < 1.29 is 34.1 Å². The summed E-state index contributed by atoms with van der Waals surface area (Å²) in [5.41, 5.74) is 17.4. The summed E-state index contributed by atoms with van der Waals surface area (Å²) in [5, 5.41) is 28.4. The van der Waals surface area contributed by atoms with Gasteiger partial charge in [-0.2, -0.15) is 0 Å². The number of aromatic nitrogens is 6. The Balaban J connectivity index is 0.000000378. The second kappa shape index (κ2) is 30.3. The standard InChI is InChI=1S/C19H23N5O5.C18H20N6O2.C2H6O.4C2H6.CH3Cl/c1-19(4-7-25)16-13(11-29-19)18(23-5-8-28-9-6-23)22-17(21-16)12-2-3-14(20)15(10-12)24(26)27;1-10-15-12(9-26-10)17(24-4-6-25-7-5-24)23-16(22-15)11-2-3-13-14(8-11)21-18(19)20-13;1-2-3;5*1-2/h2-3,10,25H,4-9,11,20H2,1H3;2-3,8,10H,4-7,9H2,1H3,(H3,19,20,21);3H,2H2,1H3;4*1-2H3;1H3. The normalized spacial score (nSPS) is 17.4. The largest absolute Gasteiger partial charge is 0.397 e. The van der Waals surface area contributed by atoms with Crippen molar-refractivity contribution in [3.05, 3.63) is 69.0 Å². The van der Waals surface area contributed by atoms with Gasteiger partial charge in [0.2, 0.25) is 0 Å². The number of aromatic amines is 1. The Morgan fingerprint density at radius 2 is 1.31 bits per heavy atom. The lowest BCUT2D eigenvalue weighted by Crippen LogP contribution is -2.37. The van der Waals surface area contributed by atoms with Gasteiger partial charge in [-0.25, -0.2) is 24.9 Å². The van der Waals surface area contributed by atoms with Gasteiger partial charge in [0.1, 0.15) is 22.9 Å². The van der Waals surface area contributed by atoms with E-state index in [1.807, 2.05) is 87.4 Å². The first-order valence-corrected chi connectivity index (χ1v) is 24.4. The minimum atomic E-state index is -0.747. The summed E-state index contributed by atoms with van der Waals surface area (Å²) in [6, 6.07) is 10.5. The number of H-pyrrole nitrogens is 1. The molecule has 5 aromatic rings. The molecular weight excluding hydrogens is 894 g/mol. The third kappa shape index (κ3) is 14.6. The van der Waals surface area contributed by atoms with E-state index in [0.717, 1.165) is 58.1 Å². The molecule has 2 atom stereocenters. The molecule has 378 valence electrons. The van der Waals surface area contributed by atoms with Crippen molar-refractivity contribution in [2.24, 2.45) is 0 Å². The average molecular weight is 971 g/mol. The van der Waals surface area contributed by atoms with Crippen LogP contribution >= 0.6 is 11.6 Å². The maximum Gasteiger partial charge on any atom is 0.292 e. The Labute approximate surface area is 407 Å². The van der Waals surface area contributed by atoms with Gasteiger partial charge in [-0.1, -0.05) is 55.4 Å². The minimum absolute atomic E-state index is 0.0296. The fourth-order valence-corrected chi connectivity index (χ4v) is 7.34. The highest BCUT2D eigenvalue weighted by Crippen LogP contribution is 2.43. The van der Waals surface area contributed by atoms with Crippen LogP contribution in [0.5, 0.6) is 0 Å². The van der Waals surface area contributed by atoms with Gasteiger partial charge in [-0.15, -0.1) is 11.6 Å². The molecular formula is C48H76ClN11O8. The van der Waals surface area contributed by atoms with Crippen molar-refractivity contribution in [1.82, 2.24) is 29.9 Å². The van der Waals surface area contributed by atoms with E-state index >= 15 is 0 Å². The fourth-order valence-electron chi connectivity index (χ4n) is 7.34. The molecule has 0 bridgehead atoms. The summed E-state index contributed by atoms with van der Waals surface area (Å²) in [4.78, 5) is 41.7. The van der Waals surface area contributed by atoms with Crippen molar-refractivity contribution in [1.29, 1.82) is 0 Å². The molecule has 0 spiro atoms. The highest BCUT2D eigenvalue weighted by Gasteiger charge is 2.40. The predicted molar refractivity (Wildman–Crippen MR) is 273 cm³/mol. The van der Waals surface area contributed by atoms with Gasteiger partial charge < -0.3 is 55.4 Å². The van der Waals surface area contributed by atoms with Crippen molar-refractivity contribution >= 4 is 51.6 Å². The van der Waals surface area contributed by atoms with Crippen LogP contribution in [0.15, 0.2) is 36.4 Å². The summed E-state index contributed by atoms with van der Waals surface area (Å²) >= 11 is 4.64. The molecule has 4 aliphatic rings. The van der Waals surface area contributed by atoms with Crippen molar-refractivity contribution in [2.75, 3.05) is 93.5 Å². The molecule has 0 amide bonds. The number of aliphatic hydroxyl groups is 2. The Kier molecular flexibility index (Phi) is 26.2. The first-order chi connectivity index (χ1) is 33.0. The first kappa shape index (κ1) is 58.8. The maximum absolute atomic E-state index is 11.3. The topological polar surface area (TPSA) is 259 Å². The van der Waals surface area contributed by atoms with Crippen LogP contribution in [-0.2, 0) is 37.8 Å². The number of nitro benzene ring substituents is 1. The molecule has 68 heavy (non-hydrogen) atoms. The Morgan fingerprint density at radius 3 is 1.85 bits per heavy atom. The molecule has 3 aromatic heterocycles. The summed E-state index contributed by atoms with van der Waals surface area (Å²) in [5.74, 6) is 3.17. The molecule has 0 aliphatic carbocycles. The Bertz CT molecular complexity index is 2270. The van der Waals surface area contributed by atoms with E-state index in [-0.39, 0.29) is 30.7 Å². The molecule has 2 unspecified atom stereocenters. The zero-order chi connectivity index (χ0) is 51.0. The highest BCUT2D eigenvalue weighted by atomic mass is 35.5. The van der Waals surface area contributed by atoms with Gasteiger partial charge in [0.05, 0.1) is 73.1 Å². The molecule has 7 heterocycles. The number of nitrogens with zero attached hydrogens (tertiary/aromatic N) is 8. The van der Waals surface area contributed by atoms with Crippen molar-refractivity contribution in [2.45, 2.75) is 108 Å². The van der Waals surface area contributed by atoms with Gasteiger partial charge >= 0.3 is 0 Å². The number of halogens is 1. The van der Waals surface area contributed by atoms with Crippen LogP contribution in [0, 0.1) is 10.1 Å². The number of alkyl halides is 1. The van der Waals surface area contributed by atoms with E-state index in [1.165, 1.54) is 18.5 Å². The van der Waals surface area contributed by atoms with Gasteiger partial charge in [0.25, 0.3) is 5.69 Å². The van der Waals surface area contributed by atoms with Gasteiger partial charge in [-0.05, 0) is 51.1 Å². The second-order valence-electron chi connectivity index (χ2n) is 14.3. The second-order valence-corrected chi connectivity index (χ2v) is 14.3. The third-order valence-corrected chi connectivity index (χ3v) is 10.4. The summed E-state index contributed by atoms with van der Waals surface area (Å²) in [6.07, 6.45) is 1.83. The number of nitrogens with one attached hydrogen (secondary N) is 1. The molecule has 0 radical (unpaired) electrons. The number of nitrogens with two attached hydrogens (primary N) is 2. The molecule has 20 heteroatoms. The number of anilines is 4. The number of hydrogen-bond donors (Lipinski definition) is 5. The molecule has 2 saturated heterocycles. The van der Waals surface area contributed by atoms with Crippen LogP contribution < -0.4 is 21.3 Å². The number of fused-ring (bicyclic) bond motifs is 3. The molecule has 19 nitrogen and oxygen atoms in total. The number of benzene rings is 2. The monoisotopic (exact) mass is 970 g/mol. The van der Waals surface area contributed by atoms with Crippen LogP contribution in [0.3, 0.4) is 0 Å². The number of morpholine rings is 2.